The van der Waals surface area contributed by atoms with E-state index in [1.165, 1.54) is 24.0 Å². The summed E-state index contributed by atoms with van der Waals surface area (Å²) in [6, 6.07) is 3.30. The molecule has 0 saturated carbocycles. The summed E-state index contributed by atoms with van der Waals surface area (Å²) in [6.45, 7) is 0. The molecule has 0 fully saturated rings. The van der Waals surface area contributed by atoms with Crippen molar-refractivity contribution in [3.63, 3.8) is 0 Å². The molecular weight excluding hydrogens is 274 g/mol. The molecule has 0 radical (unpaired) electrons. The third-order valence-electron chi connectivity index (χ3n) is 2.35. The number of rotatable bonds is 4. The zero-order valence-electron chi connectivity index (χ0n) is 9.50. The Morgan fingerprint density at radius 1 is 1.56 bits per heavy atom. The monoisotopic (exact) mass is 283 g/mol. The van der Waals surface area contributed by atoms with Gasteiger partial charge in [-0.25, -0.2) is 14.8 Å². The highest BCUT2D eigenvalue weighted by atomic mass is 35.5. The molecule has 0 aliphatic heterocycles. The van der Waals surface area contributed by atoms with Gasteiger partial charge in [0.1, 0.15) is 16.7 Å². The Hall–Kier alpha value is -1.53. The van der Waals surface area contributed by atoms with E-state index in [1.54, 1.807) is 16.8 Å². The minimum absolute atomic E-state index is 0.0397. The number of carboxylic acid groups (broad SMARTS) is 1. The molecule has 2 aromatic heterocycles. The maximum atomic E-state index is 10.8. The summed E-state index contributed by atoms with van der Waals surface area (Å²) in [6.07, 6.45) is 3.07. The number of halogens is 1. The Labute approximate surface area is 113 Å². The lowest BCUT2D eigenvalue weighted by Gasteiger charge is -2.03. The maximum Gasteiger partial charge on any atom is 0.354 e. The van der Waals surface area contributed by atoms with E-state index in [0.29, 0.717) is 10.9 Å². The number of nitrogens with zero attached hydrogens (tertiary/aromatic N) is 3. The van der Waals surface area contributed by atoms with Crippen LogP contribution in [0.3, 0.4) is 0 Å². The molecule has 0 aliphatic carbocycles. The van der Waals surface area contributed by atoms with Gasteiger partial charge in [0.05, 0.1) is 11.9 Å². The predicted molar refractivity (Wildman–Crippen MR) is 69.0 cm³/mol. The van der Waals surface area contributed by atoms with Gasteiger partial charge < -0.3 is 9.67 Å². The van der Waals surface area contributed by atoms with Crippen LogP contribution in [-0.4, -0.2) is 25.6 Å². The van der Waals surface area contributed by atoms with Crippen LogP contribution in [0, 0.1) is 0 Å². The first-order chi connectivity index (χ1) is 8.58. The Kier molecular flexibility index (Phi) is 3.88. The highest BCUT2D eigenvalue weighted by Gasteiger charge is 2.08. The van der Waals surface area contributed by atoms with Crippen LogP contribution >= 0.6 is 23.4 Å². The van der Waals surface area contributed by atoms with Gasteiger partial charge in [-0.2, -0.15) is 0 Å². The fraction of sp³-hybridized carbons (Fsp3) is 0.182. The van der Waals surface area contributed by atoms with Crippen LogP contribution < -0.4 is 0 Å². The molecule has 2 rings (SSSR count). The Morgan fingerprint density at radius 2 is 2.33 bits per heavy atom. The van der Waals surface area contributed by atoms with Crippen LogP contribution in [0.2, 0.25) is 5.15 Å². The van der Waals surface area contributed by atoms with Crippen LogP contribution in [0.25, 0.3) is 0 Å². The Bertz CT molecular complexity index is 585. The number of aromatic nitrogens is 3. The van der Waals surface area contributed by atoms with Gasteiger partial charge in [0, 0.05) is 18.1 Å². The van der Waals surface area contributed by atoms with E-state index in [0.717, 1.165) is 10.7 Å². The lowest BCUT2D eigenvalue weighted by molar-refractivity contribution is 0.0690. The first-order valence-electron chi connectivity index (χ1n) is 5.06. The highest BCUT2D eigenvalue weighted by Crippen LogP contribution is 2.23. The van der Waals surface area contributed by atoms with Crippen molar-refractivity contribution in [1.29, 1.82) is 0 Å². The molecule has 0 aromatic carbocycles. The summed E-state index contributed by atoms with van der Waals surface area (Å²) in [5.74, 6) is 0.419. The molecule has 2 aromatic rings. The molecule has 7 heteroatoms. The first-order valence-corrected chi connectivity index (χ1v) is 6.42. The van der Waals surface area contributed by atoms with Gasteiger partial charge in [-0.1, -0.05) is 11.6 Å². The number of carboxylic acids is 1. The van der Waals surface area contributed by atoms with Crippen molar-refractivity contribution >= 4 is 29.3 Å². The van der Waals surface area contributed by atoms with Gasteiger partial charge in [0.25, 0.3) is 0 Å². The van der Waals surface area contributed by atoms with Crippen LogP contribution in [0.5, 0.6) is 0 Å². The van der Waals surface area contributed by atoms with Crippen molar-refractivity contribution in [2.75, 3.05) is 0 Å². The molecule has 1 N–H and O–H groups in total. The van der Waals surface area contributed by atoms with Crippen molar-refractivity contribution in [2.45, 2.75) is 10.6 Å². The number of carbonyl (C=O) groups is 1. The van der Waals surface area contributed by atoms with E-state index >= 15 is 0 Å². The topological polar surface area (TPSA) is 68.0 Å². The fourth-order valence-corrected chi connectivity index (χ4v) is 2.39. The lowest BCUT2D eigenvalue weighted by Crippen LogP contribution is -2.00. The minimum Gasteiger partial charge on any atom is -0.477 e. The molecular formula is C11H10ClN3O2S. The average Bonchev–Trinajstić information content (AvgIpc) is 2.68. The van der Waals surface area contributed by atoms with E-state index in [-0.39, 0.29) is 5.69 Å². The molecule has 0 amide bonds. The number of pyridine rings is 1. The Balaban J connectivity index is 2.08. The summed E-state index contributed by atoms with van der Waals surface area (Å²) < 4.78 is 1.79. The zero-order chi connectivity index (χ0) is 13.1. The normalized spacial score (nSPS) is 10.6. The molecule has 94 valence electrons. The van der Waals surface area contributed by atoms with E-state index in [9.17, 15) is 4.79 Å². The van der Waals surface area contributed by atoms with Crippen LogP contribution in [0.1, 0.15) is 16.3 Å². The third-order valence-corrected chi connectivity index (χ3v) is 3.69. The van der Waals surface area contributed by atoms with Crippen LogP contribution in [-0.2, 0) is 12.8 Å². The second-order valence-electron chi connectivity index (χ2n) is 3.53. The number of hydrogen-bond acceptors (Lipinski definition) is 4. The van der Waals surface area contributed by atoms with Crippen molar-refractivity contribution in [3.05, 3.63) is 41.2 Å². The summed E-state index contributed by atoms with van der Waals surface area (Å²) in [7, 11) is 1.83. The molecule has 0 aliphatic rings. The largest absolute Gasteiger partial charge is 0.477 e. The molecule has 0 bridgehead atoms. The van der Waals surface area contributed by atoms with Gasteiger partial charge in [-0.15, -0.1) is 11.8 Å². The predicted octanol–water partition coefficient (Wildman–Crippen LogP) is 2.46. The molecule has 0 atom stereocenters. The van der Waals surface area contributed by atoms with Crippen molar-refractivity contribution in [2.24, 2.45) is 7.05 Å². The van der Waals surface area contributed by atoms with E-state index in [2.05, 4.69) is 9.97 Å². The standard InChI is InChI=1S/C11H10ClN3O2S/c1-15-9(12)5-14-10(15)6-18-7-2-3-13-8(4-7)11(16)17/h2-5H,6H2,1H3,(H,16,17). The first kappa shape index (κ1) is 12.9. The SMILES string of the molecule is Cn1c(Cl)cnc1CSc1ccnc(C(=O)O)c1. The molecule has 0 unspecified atom stereocenters. The third kappa shape index (κ3) is 2.83. The Morgan fingerprint density at radius 3 is 2.94 bits per heavy atom. The van der Waals surface area contributed by atoms with Crippen molar-refractivity contribution in [3.8, 4) is 0 Å². The minimum atomic E-state index is -1.03. The molecule has 5 nitrogen and oxygen atoms in total. The highest BCUT2D eigenvalue weighted by molar-refractivity contribution is 7.98. The van der Waals surface area contributed by atoms with Gasteiger partial charge in [0.15, 0.2) is 0 Å². The molecule has 0 saturated heterocycles. The van der Waals surface area contributed by atoms with Gasteiger partial charge in [-0.05, 0) is 12.1 Å². The van der Waals surface area contributed by atoms with E-state index in [1.807, 2.05) is 7.05 Å². The van der Waals surface area contributed by atoms with Gasteiger partial charge in [-0.3, -0.25) is 0 Å². The average molecular weight is 284 g/mol. The molecule has 2 heterocycles. The lowest BCUT2D eigenvalue weighted by atomic mass is 10.3. The summed E-state index contributed by atoms with van der Waals surface area (Å²) in [4.78, 5) is 19.5. The number of imidazole rings is 1. The quantitative estimate of drug-likeness (QED) is 0.873. The van der Waals surface area contributed by atoms with Crippen LogP contribution in [0.15, 0.2) is 29.4 Å². The van der Waals surface area contributed by atoms with E-state index in [4.69, 9.17) is 16.7 Å². The molecule has 0 spiro atoms. The number of aromatic carboxylic acids is 1. The molecule has 18 heavy (non-hydrogen) atoms. The second-order valence-corrected chi connectivity index (χ2v) is 4.96. The van der Waals surface area contributed by atoms with Gasteiger partial charge in [0.2, 0.25) is 0 Å². The second kappa shape index (κ2) is 5.41. The maximum absolute atomic E-state index is 10.8. The smallest absolute Gasteiger partial charge is 0.354 e. The summed E-state index contributed by atoms with van der Waals surface area (Å²) in [5, 5.41) is 9.41. The number of hydrogen-bond donors (Lipinski definition) is 1. The number of thioether (sulfide) groups is 1. The zero-order valence-corrected chi connectivity index (χ0v) is 11.1. The van der Waals surface area contributed by atoms with Crippen LogP contribution in [0.4, 0.5) is 0 Å². The fourth-order valence-electron chi connectivity index (χ4n) is 1.32. The summed E-state index contributed by atoms with van der Waals surface area (Å²) in [5.41, 5.74) is 0.0397. The van der Waals surface area contributed by atoms with Crippen molar-refractivity contribution in [1.82, 2.24) is 14.5 Å². The van der Waals surface area contributed by atoms with E-state index < -0.39 is 5.97 Å². The van der Waals surface area contributed by atoms with Gasteiger partial charge >= 0.3 is 5.97 Å². The summed E-state index contributed by atoms with van der Waals surface area (Å²) >= 11 is 7.37. The van der Waals surface area contributed by atoms with Crippen molar-refractivity contribution < 1.29 is 9.90 Å².